The molecule has 0 heterocycles. The highest BCUT2D eigenvalue weighted by Gasteiger charge is 2.48. The van der Waals surface area contributed by atoms with Crippen LogP contribution in [0.3, 0.4) is 0 Å². The predicted molar refractivity (Wildman–Crippen MR) is 89.6 cm³/mol. The molecule has 0 radical (unpaired) electrons. The largest absolute Gasteiger partial charge is 0.468 e. The lowest BCUT2D eigenvalue weighted by Crippen LogP contribution is -2.37. The monoisotopic (exact) mass is 305 g/mol. The second-order valence-electron chi connectivity index (χ2n) is 5.32. The van der Waals surface area contributed by atoms with Gasteiger partial charge in [0.1, 0.15) is 0 Å². The maximum atomic E-state index is 12.6. The Kier molecular flexibility index (Phi) is 5.32. The standard InChI is InChI=1S/C20H19NO2/c1-3-14-20(15-21,19(22)23-2)18(16-10-6-4-7-11-16)17-12-8-5-9-13-17/h3-13,18H,1,14H2,2H3. The number of carbonyl (C=O) groups is 1. The Morgan fingerprint density at radius 2 is 1.65 bits per heavy atom. The van der Waals surface area contributed by atoms with Gasteiger partial charge in [-0.15, -0.1) is 6.58 Å². The predicted octanol–water partition coefficient (Wildman–Crippen LogP) is 4.08. The number of allylic oxidation sites excluding steroid dienone is 1. The lowest BCUT2D eigenvalue weighted by molar-refractivity contribution is -0.150. The summed E-state index contributed by atoms with van der Waals surface area (Å²) >= 11 is 0. The average molecular weight is 305 g/mol. The van der Waals surface area contributed by atoms with Crippen molar-refractivity contribution < 1.29 is 9.53 Å². The van der Waals surface area contributed by atoms with Gasteiger partial charge in [0.15, 0.2) is 5.41 Å². The van der Waals surface area contributed by atoms with Crippen LogP contribution in [0.2, 0.25) is 0 Å². The average Bonchev–Trinajstić information content (AvgIpc) is 2.62. The zero-order valence-corrected chi connectivity index (χ0v) is 13.1. The van der Waals surface area contributed by atoms with E-state index < -0.39 is 17.3 Å². The van der Waals surface area contributed by atoms with Gasteiger partial charge in [0.2, 0.25) is 0 Å². The number of nitriles is 1. The second-order valence-corrected chi connectivity index (χ2v) is 5.32. The van der Waals surface area contributed by atoms with Crippen molar-refractivity contribution >= 4 is 5.97 Å². The molecule has 0 bridgehead atoms. The van der Waals surface area contributed by atoms with E-state index in [0.29, 0.717) is 0 Å². The fourth-order valence-corrected chi connectivity index (χ4v) is 2.94. The zero-order valence-electron chi connectivity index (χ0n) is 13.1. The van der Waals surface area contributed by atoms with Gasteiger partial charge in [-0.3, -0.25) is 4.79 Å². The van der Waals surface area contributed by atoms with Crippen LogP contribution in [0.4, 0.5) is 0 Å². The molecule has 1 unspecified atom stereocenters. The number of nitrogens with zero attached hydrogens (tertiary/aromatic N) is 1. The van der Waals surface area contributed by atoms with Crippen molar-refractivity contribution in [2.75, 3.05) is 7.11 Å². The summed E-state index contributed by atoms with van der Waals surface area (Å²) in [4.78, 5) is 12.6. The minimum absolute atomic E-state index is 0.213. The van der Waals surface area contributed by atoms with Crippen molar-refractivity contribution in [3.63, 3.8) is 0 Å². The number of hydrogen-bond donors (Lipinski definition) is 0. The van der Waals surface area contributed by atoms with Gasteiger partial charge in [0.25, 0.3) is 0 Å². The summed E-state index contributed by atoms with van der Waals surface area (Å²) in [5.74, 6) is -0.974. The molecule has 0 saturated carbocycles. The number of methoxy groups -OCH3 is 1. The van der Waals surface area contributed by atoms with E-state index in [9.17, 15) is 10.1 Å². The normalized spacial score (nSPS) is 12.9. The van der Waals surface area contributed by atoms with Crippen LogP contribution in [-0.2, 0) is 9.53 Å². The first-order valence-corrected chi connectivity index (χ1v) is 7.40. The Morgan fingerprint density at radius 1 is 1.17 bits per heavy atom. The van der Waals surface area contributed by atoms with E-state index in [1.807, 2.05) is 60.7 Å². The number of benzene rings is 2. The highest BCUT2D eigenvalue weighted by atomic mass is 16.5. The lowest BCUT2D eigenvalue weighted by atomic mass is 9.67. The molecule has 0 aliphatic heterocycles. The number of hydrogen-bond acceptors (Lipinski definition) is 3. The molecule has 0 aromatic heterocycles. The van der Waals surface area contributed by atoms with Crippen LogP contribution < -0.4 is 0 Å². The SMILES string of the molecule is C=CCC(C#N)(C(=O)OC)C(c1ccccc1)c1ccccc1. The third-order valence-corrected chi connectivity index (χ3v) is 3.97. The second kappa shape index (κ2) is 7.42. The van der Waals surface area contributed by atoms with Crippen LogP contribution in [0.25, 0.3) is 0 Å². The summed E-state index contributed by atoms with van der Waals surface area (Å²) in [5, 5.41) is 9.90. The Balaban J connectivity index is 2.71. The van der Waals surface area contributed by atoms with Gasteiger partial charge >= 0.3 is 5.97 Å². The Hall–Kier alpha value is -2.86. The molecule has 3 nitrogen and oxygen atoms in total. The van der Waals surface area contributed by atoms with E-state index in [-0.39, 0.29) is 6.42 Å². The number of rotatable bonds is 6. The molecule has 0 spiro atoms. The van der Waals surface area contributed by atoms with E-state index in [1.165, 1.54) is 7.11 Å². The molecule has 23 heavy (non-hydrogen) atoms. The van der Waals surface area contributed by atoms with Gasteiger partial charge < -0.3 is 4.74 Å². The quantitative estimate of drug-likeness (QED) is 0.597. The van der Waals surface area contributed by atoms with Gasteiger partial charge in [-0.25, -0.2) is 0 Å². The third kappa shape index (κ3) is 3.17. The molecule has 0 N–H and O–H groups in total. The highest BCUT2D eigenvalue weighted by molar-refractivity contribution is 5.82. The van der Waals surface area contributed by atoms with Crippen LogP contribution in [0.5, 0.6) is 0 Å². The van der Waals surface area contributed by atoms with Gasteiger partial charge in [0.05, 0.1) is 13.2 Å². The summed E-state index contributed by atoms with van der Waals surface area (Å²) < 4.78 is 4.97. The Morgan fingerprint density at radius 3 is 2.00 bits per heavy atom. The van der Waals surface area contributed by atoms with E-state index >= 15 is 0 Å². The fourth-order valence-electron chi connectivity index (χ4n) is 2.94. The van der Waals surface area contributed by atoms with E-state index in [0.717, 1.165) is 11.1 Å². The summed E-state index contributed by atoms with van der Waals surface area (Å²) in [6.07, 6.45) is 1.81. The minimum Gasteiger partial charge on any atom is -0.468 e. The summed E-state index contributed by atoms with van der Waals surface area (Å²) in [6, 6.07) is 21.3. The van der Waals surface area contributed by atoms with E-state index in [2.05, 4.69) is 12.6 Å². The maximum absolute atomic E-state index is 12.6. The van der Waals surface area contributed by atoms with Crippen LogP contribution >= 0.6 is 0 Å². The Bertz CT molecular complexity index is 664. The highest BCUT2D eigenvalue weighted by Crippen LogP contribution is 2.44. The van der Waals surface area contributed by atoms with E-state index in [1.54, 1.807) is 6.08 Å². The van der Waals surface area contributed by atoms with Gasteiger partial charge in [-0.1, -0.05) is 66.7 Å². The molecule has 0 aliphatic rings. The molecular weight excluding hydrogens is 286 g/mol. The molecule has 116 valence electrons. The van der Waals surface area contributed by atoms with Crippen LogP contribution in [0.15, 0.2) is 73.3 Å². The van der Waals surface area contributed by atoms with Gasteiger partial charge in [0, 0.05) is 5.92 Å². The molecule has 0 fully saturated rings. The first kappa shape index (κ1) is 16.5. The van der Waals surface area contributed by atoms with Crippen LogP contribution in [-0.4, -0.2) is 13.1 Å². The van der Waals surface area contributed by atoms with Crippen molar-refractivity contribution in [1.29, 1.82) is 5.26 Å². The summed E-state index contributed by atoms with van der Waals surface area (Å²) in [5.41, 5.74) is 0.444. The molecule has 0 saturated heterocycles. The summed E-state index contributed by atoms with van der Waals surface area (Å²) in [7, 11) is 1.31. The molecular formula is C20H19NO2. The maximum Gasteiger partial charge on any atom is 0.327 e. The molecule has 3 heteroatoms. The zero-order chi connectivity index (χ0) is 16.7. The number of ether oxygens (including phenoxy) is 1. The molecule has 0 amide bonds. The van der Waals surface area contributed by atoms with Gasteiger partial charge in [-0.05, 0) is 17.5 Å². The minimum atomic E-state index is -1.35. The lowest BCUT2D eigenvalue weighted by Gasteiger charge is -2.32. The number of carbonyl (C=O) groups excluding carboxylic acids is 1. The molecule has 1 atom stereocenters. The van der Waals surface area contributed by atoms with Crippen molar-refractivity contribution in [3.05, 3.63) is 84.4 Å². The van der Waals surface area contributed by atoms with Crippen LogP contribution in [0.1, 0.15) is 23.5 Å². The fraction of sp³-hybridized carbons (Fsp3) is 0.200. The molecule has 2 aromatic carbocycles. The molecule has 0 aliphatic carbocycles. The smallest absolute Gasteiger partial charge is 0.327 e. The van der Waals surface area contributed by atoms with Crippen molar-refractivity contribution in [1.82, 2.24) is 0 Å². The van der Waals surface area contributed by atoms with Crippen molar-refractivity contribution in [2.45, 2.75) is 12.3 Å². The van der Waals surface area contributed by atoms with E-state index in [4.69, 9.17) is 4.74 Å². The van der Waals surface area contributed by atoms with Crippen molar-refractivity contribution in [3.8, 4) is 6.07 Å². The molecule has 2 rings (SSSR count). The van der Waals surface area contributed by atoms with Gasteiger partial charge in [-0.2, -0.15) is 5.26 Å². The third-order valence-electron chi connectivity index (χ3n) is 3.97. The Labute approximate surface area is 136 Å². The summed E-state index contributed by atoms with van der Waals surface area (Å²) in [6.45, 7) is 3.72. The number of esters is 1. The van der Waals surface area contributed by atoms with Crippen LogP contribution in [0, 0.1) is 16.7 Å². The molecule has 2 aromatic rings. The first-order valence-electron chi connectivity index (χ1n) is 7.40. The first-order chi connectivity index (χ1) is 11.2. The topological polar surface area (TPSA) is 50.1 Å². The van der Waals surface area contributed by atoms with Crippen molar-refractivity contribution in [2.24, 2.45) is 5.41 Å².